The molecule has 3 rings (SSSR count). The third kappa shape index (κ3) is 3.45. The van der Waals surface area contributed by atoms with Crippen molar-refractivity contribution in [2.75, 3.05) is 39.8 Å². The summed E-state index contributed by atoms with van der Waals surface area (Å²) in [6.07, 6.45) is 8.07. The molecule has 2 heterocycles. The van der Waals surface area contributed by atoms with Crippen molar-refractivity contribution < 1.29 is 9.59 Å². The van der Waals surface area contributed by atoms with Crippen LogP contribution in [-0.2, 0) is 9.59 Å². The van der Waals surface area contributed by atoms with Crippen molar-refractivity contribution in [1.29, 1.82) is 0 Å². The number of amides is 2. The number of rotatable bonds is 3. The van der Waals surface area contributed by atoms with Crippen LogP contribution >= 0.6 is 0 Å². The molecule has 22 heavy (non-hydrogen) atoms. The summed E-state index contributed by atoms with van der Waals surface area (Å²) >= 11 is 0. The van der Waals surface area contributed by atoms with Crippen LogP contribution < -0.4 is 0 Å². The van der Waals surface area contributed by atoms with Crippen LogP contribution in [0, 0.1) is 5.92 Å². The maximum absolute atomic E-state index is 12.4. The number of piperazine rings is 1. The average molecular weight is 307 g/mol. The van der Waals surface area contributed by atoms with Crippen LogP contribution in [0.15, 0.2) is 0 Å². The van der Waals surface area contributed by atoms with Crippen molar-refractivity contribution in [2.45, 2.75) is 51.0 Å². The predicted octanol–water partition coefficient (Wildman–Crippen LogP) is 1.33. The highest BCUT2D eigenvalue weighted by Crippen LogP contribution is 2.27. The largest absolute Gasteiger partial charge is 0.344 e. The van der Waals surface area contributed by atoms with E-state index >= 15 is 0 Å². The molecule has 0 aromatic rings. The van der Waals surface area contributed by atoms with Crippen LogP contribution in [0.3, 0.4) is 0 Å². The molecule has 5 heteroatoms. The molecule has 124 valence electrons. The molecule has 1 aliphatic carbocycles. The molecule has 0 spiro atoms. The summed E-state index contributed by atoms with van der Waals surface area (Å²) in [5.41, 5.74) is 0. The average Bonchev–Trinajstić information content (AvgIpc) is 2.88. The molecule has 0 aromatic carbocycles. The van der Waals surface area contributed by atoms with E-state index in [-0.39, 0.29) is 11.9 Å². The molecule has 0 N–H and O–H groups in total. The Morgan fingerprint density at radius 2 is 1.68 bits per heavy atom. The van der Waals surface area contributed by atoms with Gasteiger partial charge in [-0.15, -0.1) is 0 Å². The summed E-state index contributed by atoms with van der Waals surface area (Å²) in [4.78, 5) is 30.7. The third-order valence-electron chi connectivity index (χ3n) is 5.70. The molecule has 2 saturated heterocycles. The van der Waals surface area contributed by atoms with E-state index in [1.807, 2.05) is 16.8 Å². The van der Waals surface area contributed by atoms with Gasteiger partial charge in [0.05, 0.1) is 6.04 Å². The molecule has 1 atom stereocenters. The molecule has 2 amide bonds. The van der Waals surface area contributed by atoms with Crippen LogP contribution in [0.5, 0.6) is 0 Å². The topological polar surface area (TPSA) is 43.9 Å². The molecule has 0 bridgehead atoms. The maximum Gasteiger partial charge on any atom is 0.239 e. The summed E-state index contributed by atoms with van der Waals surface area (Å²) in [6, 6.07) is 0.0561. The minimum Gasteiger partial charge on any atom is -0.344 e. The first kappa shape index (κ1) is 15.8. The molecule has 0 aromatic heterocycles. The smallest absolute Gasteiger partial charge is 0.239 e. The highest BCUT2D eigenvalue weighted by atomic mass is 16.2. The summed E-state index contributed by atoms with van der Waals surface area (Å²) in [5, 5.41) is 0. The highest BCUT2D eigenvalue weighted by molar-refractivity contribution is 5.83. The van der Waals surface area contributed by atoms with E-state index in [1.165, 1.54) is 32.1 Å². The van der Waals surface area contributed by atoms with E-state index in [9.17, 15) is 9.59 Å². The van der Waals surface area contributed by atoms with E-state index in [2.05, 4.69) is 4.90 Å². The quantitative estimate of drug-likeness (QED) is 0.790. The second kappa shape index (κ2) is 6.99. The lowest BCUT2D eigenvalue weighted by Crippen LogP contribution is -2.53. The summed E-state index contributed by atoms with van der Waals surface area (Å²) in [5.74, 6) is 1.20. The molecular weight excluding hydrogens is 278 g/mol. The number of carbonyl (C=O) groups is 2. The lowest BCUT2D eigenvalue weighted by Gasteiger charge is -2.37. The number of likely N-dealkylation sites (tertiary alicyclic amines) is 1. The van der Waals surface area contributed by atoms with E-state index in [0.29, 0.717) is 11.8 Å². The first-order chi connectivity index (χ1) is 10.6. The minimum atomic E-state index is 0.0561. The van der Waals surface area contributed by atoms with Crippen LogP contribution in [0.4, 0.5) is 0 Å². The number of nitrogens with zero attached hydrogens (tertiary/aromatic N) is 3. The van der Waals surface area contributed by atoms with Crippen molar-refractivity contribution in [3.8, 4) is 0 Å². The van der Waals surface area contributed by atoms with Gasteiger partial charge in [0.2, 0.25) is 11.8 Å². The summed E-state index contributed by atoms with van der Waals surface area (Å²) in [6.45, 7) is 4.14. The Hall–Kier alpha value is -1.10. The number of hydrogen-bond donors (Lipinski definition) is 0. The van der Waals surface area contributed by atoms with Gasteiger partial charge < -0.3 is 9.80 Å². The van der Waals surface area contributed by atoms with E-state index in [4.69, 9.17) is 0 Å². The molecule has 1 saturated carbocycles. The molecule has 0 unspecified atom stereocenters. The Labute approximate surface area is 133 Å². The normalized spacial score (nSPS) is 28.4. The van der Waals surface area contributed by atoms with Crippen LogP contribution in [0.1, 0.15) is 44.9 Å². The van der Waals surface area contributed by atoms with E-state index < -0.39 is 0 Å². The third-order valence-corrected chi connectivity index (χ3v) is 5.70. The Balaban J connectivity index is 1.45. The molecule has 3 aliphatic rings. The van der Waals surface area contributed by atoms with Crippen molar-refractivity contribution >= 4 is 11.8 Å². The van der Waals surface area contributed by atoms with Gasteiger partial charge >= 0.3 is 0 Å². The SMILES string of the molecule is CN1CC[C@H](N2CCN(C(=O)CC3CCCCC3)CC2)C1=O. The molecule has 2 aliphatic heterocycles. The van der Waals surface area contributed by atoms with E-state index in [1.54, 1.807) is 0 Å². The Morgan fingerprint density at radius 3 is 2.27 bits per heavy atom. The Bertz CT molecular complexity index is 412. The zero-order valence-corrected chi connectivity index (χ0v) is 13.8. The van der Waals surface area contributed by atoms with Crippen molar-refractivity contribution in [2.24, 2.45) is 5.92 Å². The molecular formula is C17H29N3O2. The standard InChI is InChI=1S/C17H29N3O2/c1-18-8-7-15(17(18)22)19-9-11-20(12-10-19)16(21)13-14-5-3-2-4-6-14/h14-15H,2-13H2,1H3/t15-/m0/s1. The van der Waals surface area contributed by atoms with Gasteiger partial charge in [-0.05, 0) is 25.2 Å². The van der Waals surface area contributed by atoms with Gasteiger partial charge in [0.15, 0.2) is 0 Å². The van der Waals surface area contributed by atoms with Crippen molar-refractivity contribution in [3.63, 3.8) is 0 Å². The van der Waals surface area contributed by atoms with Gasteiger partial charge in [-0.3, -0.25) is 14.5 Å². The van der Waals surface area contributed by atoms with E-state index in [0.717, 1.165) is 45.6 Å². The van der Waals surface area contributed by atoms with Crippen LogP contribution in [0.25, 0.3) is 0 Å². The van der Waals surface area contributed by atoms with Gasteiger partial charge in [0.25, 0.3) is 0 Å². The second-order valence-corrected chi connectivity index (χ2v) is 7.19. The number of hydrogen-bond acceptors (Lipinski definition) is 3. The molecule has 0 radical (unpaired) electrons. The van der Waals surface area contributed by atoms with Crippen molar-refractivity contribution in [3.05, 3.63) is 0 Å². The van der Waals surface area contributed by atoms with Gasteiger partial charge in [-0.25, -0.2) is 0 Å². The van der Waals surface area contributed by atoms with Gasteiger partial charge in [0, 0.05) is 46.2 Å². The van der Waals surface area contributed by atoms with Gasteiger partial charge in [-0.2, -0.15) is 0 Å². The summed E-state index contributed by atoms with van der Waals surface area (Å²) < 4.78 is 0. The molecule has 3 fully saturated rings. The van der Waals surface area contributed by atoms with Crippen LogP contribution in [0.2, 0.25) is 0 Å². The number of likely N-dealkylation sites (N-methyl/N-ethyl adjacent to an activating group) is 1. The summed E-state index contributed by atoms with van der Waals surface area (Å²) in [7, 11) is 1.88. The Morgan fingerprint density at radius 1 is 1.00 bits per heavy atom. The lowest BCUT2D eigenvalue weighted by molar-refractivity contribution is -0.136. The Kier molecular flexibility index (Phi) is 5.01. The first-order valence-electron chi connectivity index (χ1n) is 8.92. The fourth-order valence-corrected chi connectivity index (χ4v) is 4.19. The lowest BCUT2D eigenvalue weighted by atomic mass is 9.86. The maximum atomic E-state index is 12.4. The van der Waals surface area contributed by atoms with Gasteiger partial charge in [-0.1, -0.05) is 19.3 Å². The minimum absolute atomic E-state index is 0.0561. The highest BCUT2D eigenvalue weighted by Gasteiger charge is 2.36. The van der Waals surface area contributed by atoms with Crippen LogP contribution in [-0.4, -0.2) is 72.3 Å². The first-order valence-corrected chi connectivity index (χ1v) is 8.92. The van der Waals surface area contributed by atoms with Gasteiger partial charge in [0.1, 0.15) is 0 Å². The second-order valence-electron chi connectivity index (χ2n) is 7.19. The zero-order valence-electron chi connectivity index (χ0n) is 13.8. The monoisotopic (exact) mass is 307 g/mol. The van der Waals surface area contributed by atoms with Crippen molar-refractivity contribution in [1.82, 2.24) is 14.7 Å². The fourth-order valence-electron chi connectivity index (χ4n) is 4.19. The fraction of sp³-hybridized carbons (Fsp3) is 0.882. The predicted molar refractivity (Wildman–Crippen MR) is 85.4 cm³/mol. The zero-order chi connectivity index (χ0) is 15.5. The number of carbonyl (C=O) groups excluding carboxylic acids is 2. The molecule has 5 nitrogen and oxygen atoms in total.